The predicted octanol–water partition coefficient (Wildman–Crippen LogP) is 0.762. The summed E-state index contributed by atoms with van der Waals surface area (Å²) >= 11 is 0. The molecule has 0 aliphatic carbocycles. The lowest BCUT2D eigenvalue weighted by atomic mass is 10.1. The lowest BCUT2D eigenvalue weighted by Gasteiger charge is -2.08. The van der Waals surface area contributed by atoms with Gasteiger partial charge in [-0.1, -0.05) is 17.3 Å². The van der Waals surface area contributed by atoms with Crippen molar-refractivity contribution < 1.29 is 13.2 Å². The van der Waals surface area contributed by atoms with Crippen LogP contribution >= 0.6 is 0 Å². The maximum Gasteiger partial charge on any atom is 0.220 e. The average molecular weight is 336 g/mol. The molecule has 1 amide bonds. The van der Waals surface area contributed by atoms with E-state index in [2.05, 4.69) is 15.6 Å². The molecule has 8 heteroatoms. The van der Waals surface area contributed by atoms with Crippen molar-refractivity contribution in [2.75, 3.05) is 18.1 Å². The molecule has 124 valence electrons. The first kappa shape index (κ1) is 15.9. The summed E-state index contributed by atoms with van der Waals surface area (Å²) in [7, 11) is -2.92. The van der Waals surface area contributed by atoms with E-state index in [9.17, 15) is 13.2 Å². The van der Waals surface area contributed by atoms with Crippen molar-refractivity contribution in [3.05, 3.63) is 24.3 Å². The minimum absolute atomic E-state index is 0.0285. The van der Waals surface area contributed by atoms with Crippen molar-refractivity contribution in [2.45, 2.75) is 25.8 Å². The van der Waals surface area contributed by atoms with Crippen molar-refractivity contribution in [3.63, 3.8) is 0 Å². The van der Waals surface area contributed by atoms with Gasteiger partial charge in [0.15, 0.2) is 9.84 Å². The van der Waals surface area contributed by atoms with Gasteiger partial charge in [-0.3, -0.25) is 4.79 Å². The number of rotatable bonds is 6. The summed E-state index contributed by atoms with van der Waals surface area (Å²) in [6.07, 6.45) is 1.65. The van der Waals surface area contributed by atoms with E-state index in [0.717, 1.165) is 17.5 Å². The molecule has 1 fully saturated rings. The second-order valence-electron chi connectivity index (χ2n) is 5.98. The molecule has 1 aromatic carbocycles. The standard InChI is InChI=1S/C15H20N4O3S/c20-15(10-12-6-9-23(21,22)11-12)16-7-3-8-19-14-5-2-1-4-13(14)17-18-19/h1-2,4-5,12H,3,6-11H2,(H,16,20)/t12-/m0/s1. The Morgan fingerprint density at radius 2 is 2.17 bits per heavy atom. The minimum atomic E-state index is -2.92. The van der Waals surface area contributed by atoms with Gasteiger partial charge in [-0.2, -0.15) is 0 Å². The molecule has 0 bridgehead atoms. The lowest BCUT2D eigenvalue weighted by molar-refractivity contribution is -0.121. The third kappa shape index (κ3) is 4.07. The number of aromatic nitrogens is 3. The number of fused-ring (bicyclic) bond motifs is 1. The topological polar surface area (TPSA) is 94.0 Å². The quantitative estimate of drug-likeness (QED) is 0.786. The first-order chi connectivity index (χ1) is 11.0. The monoisotopic (exact) mass is 336 g/mol. The molecule has 1 aliphatic heterocycles. The Bertz CT molecular complexity index is 800. The van der Waals surface area contributed by atoms with Gasteiger partial charge < -0.3 is 5.32 Å². The van der Waals surface area contributed by atoms with Crippen molar-refractivity contribution in [3.8, 4) is 0 Å². The Labute approximate surface area is 135 Å². The molecule has 0 radical (unpaired) electrons. The van der Waals surface area contributed by atoms with Gasteiger partial charge in [-0.05, 0) is 30.9 Å². The molecule has 1 aromatic heterocycles. The maximum atomic E-state index is 11.8. The van der Waals surface area contributed by atoms with Gasteiger partial charge in [-0.15, -0.1) is 5.10 Å². The zero-order valence-corrected chi connectivity index (χ0v) is 13.6. The molecule has 7 nitrogen and oxygen atoms in total. The number of hydrogen-bond donors (Lipinski definition) is 1. The van der Waals surface area contributed by atoms with E-state index in [1.54, 1.807) is 0 Å². The van der Waals surface area contributed by atoms with Gasteiger partial charge in [0.05, 0.1) is 17.0 Å². The lowest BCUT2D eigenvalue weighted by Crippen LogP contribution is -2.27. The molecule has 1 saturated heterocycles. The Balaban J connectivity index is 1.40. The number of para-hydroxylation sites is 1. The average Bonchev–Trinajstić information content (AvgIpc) is 3.07. The molecular formula is C15H20N4O3S. The van der Waals surface area contributed by atoms with Crippen LogP contribution in [0, 0.1) is 5.92 Å². The number of sulfone groups is 1. The van der Waals surface area contributed by atoms with E-state index in [1.807, 2.05) is 28.9 Å². The molecule has 1 N–H and O–H groups in total. The predicted molar refractivity (Wildman–Crippen MR) is 86.5 cm³/mol. The number of carbonyl (C=O) groups excluding carboxylic acids is 1. The highest BCUT2D eigenvalue weighted by atomic mass is 32.2. The number of carbonyl (C=O) groups is 1. The molecule has 3 rings (SSSR count). The minimum Gasteiger partial charge on any atom is -0.356 e. The Hall–Kier alpha value is -1.96. The summed E-state index contributed by atoms with van der Waals surface area (Å²) in [5.41, 5.74) is 1.84. The molecule has 2 heterocycles. The fourth-order valence-electron chi connectivity index (χ4n) is 2.91. The van der Waals surface area contributed by atoms with Crippen molar-refractivity contribution in [1.29, 1.82) is 0 Å². The fourth-order valence-corrected chi connectivity index (χ4v) is 4.77. The first-order valence-electron chi connectivity index (χ1n) is 7.79. The second-order valence-corrected chi connectivity index (χ2v) is 8.21. The third-order valence-electron chi connectivity index (χ3n) is 4.09. The van der Waals surface area contributed by atoms with Crippen LogP contribution in [0.15, 0.2) is 24.3 Å². The summed E-state index contributed by atoms with van der Waals surface area (Å²) in [5, 5.41) is 11.0. The van der Waals surface area contributed by atoms with Crippen LogP contribution in [-0.4, -0.2) is 47.4 Å². The molecule has 2 aromatic rings. The van der Waals surface area contributed by atoms with Crippen molar-refractivity contribution in [2.24, 2.45) is 5.92 Å². The van der Waals surface area contributed by atoms with Crippen LogP contribution in [0.3, 0.4) is 0 Å². The van der Waals surface area contributed by atoms with E-state index in [0.29, 0.717) is 25.9 Å². The number of nitrogens with one attached hydrogen (secondary N) is 1. The van der Waals surface area contributed by atoms with Gasteiger partial charge in [0.2, 0.25) is 5.91 Å². The summed E-state index contributed by atoms with van der Waals surface area (Å²) in [6, 6.07) is 7.75. The Morgan fingerprint density at radius 1 is 1.35 bits per heavy atom. The second kappa shape index (κ2) is 6.66. The molecule has 0 saturated carbocycles. The maximum absolute atomic E-state index is 11.8. The Kier molecular flexibility index (Phi) is 4.61. The number of hydrogen-bond acceptors (Lipinski definition) is 5. The summed E-state index contributed by atoms with van der Waals surface area (Å²) in [4.78, 5) is 11.8. The largest absolute Gasteiger partial charge is 0.356 e. The van der Waals surface area contributed by atoms with Crippen LogP contribution in [0.5, 0.6) is 0 Å². The molecule has 1 aliphatic rings. The first-order valence-corrected chi connectivity index (χ1v) is 9.61. The van der Waals surface area contributed by atoms with E-state index in [4.69, 9.17) is 0 Å². The molecule has 0 spiro atoms. The van der Waals surface area contributed by atoms with Crippen LogP contribution in [0.4, 0.5) is 0 Å². The normalized spacial score (nSPS) is 19.9. The highest BCUT2D eigenvalue weighted by molar-refractivity contribution is 7.91. The highest BCUT2D eigenvalue weighted by Gasteiger charge is 2.29. The SMILES string of the molecule is O=C(C[C@@H]1CCS(=O)(=O)C1)NCCCn1nnc2ccccc21. The van der Waals surface area contributed by atoms with Gasteiger partial charge in [0, 0.05) is 19.5 Å². The van der Waals surface area contributed by atoms with Crippen LogP contribution in [-0.2, 0) is 21.2 Å². The van der Waals surface area contributed by atoms with Crippen LogP contribution < -0.4 is 5.32 Å². The third-order valence-corrected chi connectivity index (χ3v) is 5.93. The van der Waals surface area contributed by atoms with E-state index in [1.165, 1.54) is 0 Å². The van der Waals surface area contributed by atoms with Gasteiger partial charge in [0.1, 0.15) is 5.52 Å². The number of benzene rings is 1. The molecule has 23 heavy (non-hydrogen) atoms. The molecule has 0 unspecified atom stereocenters. The van der Waals surface area contributed by atoms with Crippen molar-refractivity contribution >= 4 is 26.8 Å². The van der Waals surface area contributed by atoms with Crippen LogP contribution in [0.1, 0.15) is 19.3 Å². The smallest absolute Gasteiger partial charge is 0.220 e. The molecular weight excluding hydrogens is 316 g/mol. The zero-order chi connectivity index (χ0) is 16.3. The number of amides is 1. The molecule has 1 atom stereocenters. The number of nitrogens with zero attached hydrogens (tertiary/aromatic N) is 3. The summed E-state index contributed by atoms with van der Waals surface area (Å²) in [5.74, 6) is 0.255. The van der Waals surface area contributed by atoms with E-state index < -0.39 is 9.84 Å². The highest BCUT2D eigenvalue weighted by Crippen LogP contribution is 2.21. The summed E-state index contributed by atoms with van der Waals surface area (Å²) in [6.45, 7) is 1.23. The number of aryl methyl sites for hydroxylation is 1. The van der Waals surface area contributed by atoms with Gasteiger partial charge in [0.25, 0.3) is 0 Å². The van der Waals surface area contributed by atoms with E-state index >= 15 is 0 Å². The summed E-state index contributed by atoms with van der Waals surface area (Å²) < 4.78 is 24.6. The van der Waals surface area contributed by atoms with E-state index in [-0.39, 0.29) is 23.3 Å². The zero-order valence-electron chi connectivity index (χ0n) is 12.8. The van der Waals surface area contributed by atoms with Gasteiger partial charge in [-0.25, -0.2) is 13.1 Å². The Morgan fingerprint density at radius 3 is 2.96 bits per heavy atom. The van der Waals surface area contributed by atoms with Crippen LogP contribution in [0.2, 0.25) is 0 Å². The van der Waals surface area contributed by atoms with Gasteiger partial charge >= 0.3 is 0 Å². The fraction of sp³-hybridized carbons (Fsp3) is 0.533. The van der Waals surface area contributed by atoms with Crippen molar-refractivity contribution in [1.82, 2.24) is 20.3 Å². The van der Waals surface area contributed by atoms with Crippen LogP contribution in [0.25, 0.3) is 11.0 Å².